The van der Waals surface area contributed by atoms with Crippen LogP contribution in [0.2, 0.25) is 5.02 Å². The fraction of sp³-hybridized carbons (Fsp3) is 0.450. The van der Waals surface area contributed by atoms with Crippen molar-refractivity contribution in [1.82, 2.24) is 15.5 Å². The van der Waals surface area contributed by atoms with E-state index in [-0.39, 0.29) is 12.1 Å². The number of aliphatic imine (C=N–C) groups is 1. The Kier molecular flexibility index (Phi) is 5.26. The van der Waals surface area contributed by atoms with Gasteiger partial charge in [-0.25, -0.2) is 4.79 Å². The van der Waals surface area contributed by atoms with Crippen molar-refractivity contribution in [3.63, 3.8) is 0 Å². The maximum absolute atomic E-state index is 12.7. The van der Waals surface area contributed by atoms with Crippen LogP contribution in [-0.2, 0) is 0 Å². The molecule has 1 saturated heterocycles. The molecule has 3 N–H and O–H groups in total. The number of amides is 2. The van der Waals surface area contributed by atoms with Crippen molar-refractivity contribution in [2.75, 3.05) is 31.1 Å². The first-order chi connectivity index (χ1) is 13.5. The highest BCUT2D eigenvalue weighted by atomic mass is 35.5. The van der Waals surface area contributed by atoms with Crippen molar-refractivity contribution in [3.05, 3.63) is 40.7 Å². The molecule has 1 aromatic rings. The van der Waals surface area contributed by atoms with E-state index in [2.05, 4.69) is 27.4 Å². The summed E-state index contributed by atoms with van der Waals surface area (Å²) in [5, 5.41) is 14.1. The molecule has 2 fully saturated rings. The van der Waals surface area contributed by atoms with Crippen molar-refractivity contribution in [2.45, 2.75) is 25.8 Å². The minimum absolute atomic E-state index is 0.0817. The molecule has 1 saturated carbocycles. The number of hydrogen-bond donors (Lipinski definition) is 3. The molecule has 2 heterocycles. The van der Waals surface area contributed by atoms with E-state index in [1.165, 1.54) is 19.1 Å². The summed E-state index contributed by atoms with van der Waals surface area (Å²) in [4.78, 5) is 21.3. The van der Waals surface area contributed by atoms with Crippen molar-refractivity contribution in [2.24, 2.45) is 10.9 Å². The third kappa shape index (κ3) is 3.99. The molecule has 28 heavy (non-hydrogen) atoms. The van der Waals surface area contributed by atoms with Gasteiger partial charge < -0.3 is 25.8 Å². The predicted octanol–water partition coefficient (Wildman–Crippen LogP) is 2.81. The molecule has 0 spiro atoms. The number of halogens is 1. The van der Waals surface area contributed by atoms with Gasteiger partial charge in [-0.15, -0.1) is 0 Å². The Morgan fingerprint density at radius 1 is 1.39 bits per heavy atom. The average molecular weight is 401 g/mol. The number of nitrogens with zero attached hydrogens (tertiary/aromatic N) is 3. The molecule has 0 aromatic heterocycles. The van der Waals surface area contributed by atoms with E-state index >= 15 is 0 Å². The second-order valence-electron chi connectivity index (χ2n) is 7.56. The summed E-state index contributed by atoms with van der Waals surface area (Å²) in [6.45, 7) is 4.63. The number of benzene rings is 1. The first kappa shape index (κ1) is 18.8. The van der Waals surface area contributed by atoms with Crippen LogP contribution in [0.3, 0.4) is 0 Å². The largest absolute Gasteiger partial charge is 0.365 e. The number of hydrogen-bond acceptors (Lipinski definition) is 5. The van der Waals surface area contributed by atoms with Crippen LogP contribution in [0, 0.1) is 11.3 Å². The Labute approximate surface area is 169 Å². The molecule has 148 valence electrons. The fourth-order valence-electron chi connectivity index (χ4n) is 3.66. The lowest BCUT2D eigenvalue weighted by molar-refractivity contribution is 0.189. The summed E-state index contributed by atoms with van der Waals surface area (Å²) >= 11 is 6.24. The minimum Gasteiger partial charge on any atom is -0.365 e. The lowest BCUT2D eigenvalue weighted by Crippen LogP contribution is -2.56. The molecule has 1 aromatic carbocycles. The number of amidine groups is 1. The summed E-state index contributed by atoms with van der Waals surface area (Å²) in [5.74, 6) is 1.64. The van der Waals surface area contributed by atoms with E-state index in [1.807, 2.05) is 29.3 Å². The molecular weight excluding hydrogens is 376 g/mol. The van der Waals surface area contributed by atoms with Gasteiger partial charge in [-0.1, -0.05) is 11.6 Å². The topological polar surface area (TPSA) is 83.8 Å². The zero-order chi connectivity index (χ0) is 19.7. The molecule has 7 nitrogen and oxygen atoms in total. The third-order valence-electron chi connectivity index (χ3n) is 5.43. The normalized spacial score (nSPS) is 22.1. The Morgan fingerprint density at radius 3 is 2.82 bits per heavy atom. The Hall–Kier alpha value is -2.54. The van der Waals surface area contributed by atoms with Crippen LogP contribution in [0.15, 0.2) is 35.1 Å². The number of piperazine rings is 1. The van der Waals surface area contributed by atoms with Crippen LogP contribution < -0.4 is 15.5 Å². The number of urea groups is 1. The molecule has 0 radical (unpaired) electrons. The second kappa shape index (κ2) is 7.83. The average Bonchev–Trinajstić information content (AvgIpc) is 3.54. The van der Waals surface area contributed by atoms with Crippen molar-refractivity contribution in [3.8, 4) is 0 Å². The van der Waals surface area contributed by atoms with Crippen molar-refractivity contribution < 1.29 is 4.79 Å². The molecule has 4 rings (SSSR count). The molecule has 2 aliphatic heterocycles. The fourth-order valence-corrected chi connectivity index (χ4v) is 3.89. The molecule has 2 amide bonds. The second-order valence-corrected chi connectivity index (χ2v) is 7.97. The van der Waals surface area contributed by atoms with Crippen LogP contribution in [0.4, 0.5) is 10.5 Å². The van der Waals surface area contributed by atoms with Crippen LogP contribution in [0.1, 0.15) is 25.3 Å². The highest BCUT2D eigenvalue weighted by molar-refractivity contribution is 6.33. The van der Waals surface area contributed by atoms with Crippen molar-refractivity contribution in [1.29, 1.82) is 5.41 Å². The molecule has 1 aliphatic carbocycles. The van der Waals surface area contributed by atoms with E-state index in [0.29, 0.717) is 36.1 Å². The first-order valence-electron chi connectivity index (χ1n) is 9.67. The minimum atomic E-state index is -0.0817. The molecule has 0 unspecified atom stereocenters. The number of nitrogens with one attached hydrogen (secondary N) is 3. The summed E-state index contributed by atoms with van der Waals surface area (Å²) in [6.07, 6.45) is 5.53. The highest BCUT2D eigenvalue weighted by Gasteiger charge is 2.30. The van der Waals surface area contributed by atoms with E-state index < -0.39 is 0 Å². The Morgan fingerprint density at radius 2 is 2.21 bits per heavy atom. The van der Waals surface area contributed by atoms with Gasteiger partial charge in [0, 0.05) is 55.3 Å². The summed E-state index contributed by atoms with van der Waals surface area (Å²) in [7, 11) is 0. The van der Waals surface area contributed by atoms with Gasteiger partial charge in [-0.3, -0.25) is 4.99 Å². The van der Waals surface area contributed by atoms with Gasteiger partial charge in [0.25, 0.3) is 0 Å². The zero-order valence-electron chi connectivity index (χ0n) is 15.9. The number of anilines is 1. The quantitative estimate of drug-likeness (QED) is 0.679. The van der Waals surface area contributed by atoms with Crippen LogP contribution in [0.25, 0.3) is 0 Å². The first-order valence-corrected chi connectivity index (χ1v) is 10.1. The van der Waals surface area contributed by atoms with Gasteiger partial charge in [0.05, 0.1) is 17.3 Å². The molecular formula is C20H25ClN6O. The van der Waals surface area contributed by atoms with Gasteiger partial charge in [0.1, 0.15) is 5.84 Å². The van der Waals surface area contributed by atoms with Gasteiger partial charge in [0.2, 0.25) is 0 Å². The van der Waals surface area contributed by atoms with Gasteiger partial charge >= 0.3 is 6.03 Å². The lowest BCUT2D eigenvalue weighted by Gasteiger charge is -2.41. The Bertz CT molecular complexity index is 847. The molecule has 0 bridgehead atoms. The maximum atomic E-state index is 12.7. The smallest absolute Gasteiger partial charge is 0.321 e. The van der Waals surface area contributed by atoms with E-state index in [1.54, 1.807) is 0 Å². The highest BCUT2D eigenvalue weighted by Crippen LogP contribution is 2.30. The summed E-state index contributed by atoms with van der Waals surface area (Å²) in [6, 6.07) is 5.81. The van der Waals surface area contributed by atoms with Gasteiger partial charge in [-0.2, -0.15) is 0 Å². The van der Waals surface area contributed by atoms with Crippen LogP contribution in [0.5, 0.6) is 0 Å². The predicted molar refractivity (Wildman–Crippen MR) is 112 cm³/mol. The van der Waals surface area contributed by atoms with Gasteiger partial charge in [-0.05, 0) is 38.0 Å². The van der Waals surface area contributed by atoms with Crippen LogP contribution in [-0.4, -0.2) is 55.2 Å². The number of carbonyl (C=O) groups is 1. The summed E-state index contributed by atoms with van der Waals surface area (Å²) in [5.41, 5.74) is 2.53. The number of carbonyl (C=O) groups excluding carboxylic acids is 1. The molecule has 1 atom stereocenters. The maximum Gasteiger partial charge on any atom is 0.321 e. The Balaban J connectivity index is 1.33. The standard InChI is InChI=1S/C20H25ClN6O/c1-13-12-26(6-7-27(13)17-5-4-15(9-22)18(21)8-17)20(28)25-16-10-23-19(24-11-16)14-2-3-14/h4-5,8-10,13-14,22H,2-3,6-7,11-12H2,1H3,(H,23,24)(H,25,28)/t13-/m0/s1. The van der Waals surface area contributed by atoms with E-state index in [0.717, 1.165) is 23.8 Å². The lowest BCUT2D eigenvalue weighted by atomic mass is 10.1. The number of rotatable bonds is 4. The third-order valence-corrected chi connectivity index (χ3v) is 5.76. The zero-order valence-corrected chi connectivity index (χ0v) is 16.7. The monoisotopic (exact) mass is 400 g/mol. The summed E-state index contributed by atoms with van der Waals surface area (Å²) < 4.78 is 0. The van der Waals surface area contributed by atoms with Crippen molar-refractivity contribution >= 4 is 35.4 Å². The SMILES string of the molecule is C[C@H]1CN(C(=O)NC2=CNC(C3CC3)=NC2)CCN1c1ccc(C=N)c(Cl)c1. The van der Waals surface area contributed by atoms with E-state index in [9.17, 15) is 4.79 Å². The van der Waals surface area contributed by atoms with Crippen LogP contribution >= 0.6 is 11.6 Å². The molecule has 3 aliphatic rings. The molecule has 8 heteroatoms. The van der Waals surface area contributed by atoms with Gasteiger partial charge in [0.15, 0.2) is 0 Å². The van der Waals surface area contributed by atoms with E-state index in [4.69, 9.17) is 17.0 Å².